The summed E-state index contributed by atoms with van der Waals surface area (Å²) in [6, 6.07) is 3.50. The van der Waals surface area contributed by atoms with E-state index in [0.29, 0.717) is 24.3 Å². The lowest BCUT2D eigenvalue weighted by Gasteiger charge is -2.47. The van der Waals surface area contributed by atoms with Gasteiger partial charge in [-0.15, -0.1) is 0 Å². The summed E-state index contributed by atoms with van der Waals surface area (Å²) in [5.74, 6) is 0.318. The molecule has 138 valence electrons. The van der Waals surface area contributed by atoms with Gasteiger partial charge in [-0.2, -0.15) is 13.2 Å². The highest BCUT2D eigenvalue weighted by Gasteiger charge is 2.47. The van der Waals surface area contributed by atoms with Gasteiger partial charge in [-0.05, 0) is 56.7 Å². The van der Waals surface area contributed by atoms with Crippen LogP contribution in [0, 0.1) is 0 Å². The lowest BCUT2D eigenvalue weighted by atomic mass is 9.84. The highest BCUT2D eigenvalue weighted by molar-refractivity contribution is 8.00. The van der Waals surface area contributed by atoms with Crippen molar-refractivity contribution < 1.29 is 27.8 Å². The molecule has 4 nitrogen and oxygen atoms in total. The molecule has 0 saturated carbocycles. The molecule has 0 aliphatic carbocycles. The molecule has 1 amide bonds. The minimum Gasteiger partial charge on any atom is -0.485 e. The Morgan fingerprint density at radius 3 is 2.68 bits per heavy atom. The monoisotopic (exact) mass is 375 g/mol. The molecule has 0 spiro atoms. The number of halogens is 3. The number of hydrogen-bond donors (Lipinski definition) is 1. The van der Waals surface area contributed by atoms with Crippen LogP contribution in [0.25, 0.3) is 0 Å². The lowest BCUT2D eigenvalue weighted by Crippen LogP contribution is -2.55. The van der Waals surface area contributed by atoms with Crippen LogP contribution in [0.2, 0.25) is 0 Å². The van der Waals surface area contributed by atoms with Crippen molar-refractivity contribution in [2.75, 3.05) is 6.54 Å². The van der Waals surface area contributed by atoms with E-state index in [1.165, 1.54) is 18.2 Å². The van der Waals surface area contributed by atoms with Gasteiger partial charge < -0.3 is 14.7 Å². The van der Waals surface area contributed by atoms with E-state index in [1.54, 1.807) is 18.7 Å². The van der Waals surface area contributed by atoms with Crippen LogP contribution < -0.4 is 4.74 Å². The molecular formula is C17H20F3NO3S. The van der Waals surface area contributed by atoms with Crippen LogP contribution in [0.1, 0.15) is 44.7 Å². The largest absolute Gasteiger partial charge is 0.485 e. The summed E-state index contributed by atoms with van der Waals surface area (Å²) in [6.07, 6.45) is 0.946. The Kier molecular flexibility index (Phi) is 4.70. The van der Waals surface area contributed by atoms with Gasteiger partial charge in [0.1, 0.15) is 17.5 Å². The van der Waals surface area contributed by atoms with E-state index in [0.717, 1.165) is 12.8 Å². The number of carbonyl (C=O) groups excluding carboxylic acids is 1. The van der Waals surface area contributed by atoms with E-state index in [4.69, 9.17) is 4.74 Å². The molecule has 1 aromatic rings. The Labute approximate surface area is 148 Å². The van der Waals surface area contributed by atoms with Crippen LogP contribution in [0.4, 0.5) is 13.2 Å². The first-order valence-electron chi connectivity index (χ1n) is 8.15. The van der Waals surface area contributed by atoms with Gasteiger partial charge in [-0.3, -0.25) is 4.79 Å². The van der Waals surface area contributed by atoms with Gasteiger partial charge in [0.2, 0.25) is 5.91 Å². The minimum atomic E-state index is -4.40. The number of piperidine rings is 1. The van der Waals surface area contributed by atoms with E-state index < -0.39 is 23.3 Å². The van der Waals surface area contributed by atoms with Gasteiger partial charge >= 0.3 is 5.51 Å². The molecule has 8 heteroatoms. The number of aliphatic hydroxyl groups is 1. The highest BCUT2D eigenvalue weighted by Crippen LogP contribution is 2.46. The lowest BCUT2D eigenvalue weighted by molar-refractivity contribution is -0.147. The molecule has 2 aliphatic rings. The van der Waals surface area contributed by atoms with Crippen molar-refractivity contribution in [3.8, 4) is 5.75 Å². The van der Waals surface area contributed by atoms with E-state index >= 15 is 0 Å². The Balaban J connectivity index is 2.04. The van der Waals surface area contributed by atoms with Crippen molar-refractivity contribution in [1.29, 1.82) is 0 Å². The number of nitrogens with zero attached hydrogens (tertiary/aromatic N) is 1. The van der Waals surface area contributed by atoms with Crippen molar-refractivity contribution in [2.24, 2.45) is 0 Å². The van der Waals surface area contributed by atoms with Gasteiger partial charge in [0, 0.05) is 23.4 Å². The first-order chi connectivity index (χ1) is 11.6. The third kappa shape index (κ3) is 3.74. The molecule has 2 atom stereocenters. The number of thioether (sulfide) groups is 1. The second kappa shape index (κ2) is 6.39. The summed E-state index contributed by atoms with van der Waals surface area (Å²) in [5, 5.41) is 10.8. The Morgan fingerprint density at radius 1 is 1.32 bits per heavy atom. The fourth-order valence-corrected chi connectivity index (χ4v) is 3.99. The summed E-state index contributed by atoms with van der Waals surface area (Å²) in [7, 11) is 0. The molecule has 2 heterocycles. The maximum atomic E-state index is 12.7. The summed E-state index contributed by atoms with van der Waals surface area (Å²) in [4.78, 5) is 14.0. The number of benzene rings is 1. The average molecular weight is 375 g/mol. The van der Waals surface area contributed by atoms with Gasteiger partial charge in [0.05, 0.1) is 6.04 Å². The van der Waals surface area contributed by atoms with Crippen LogP contribution in [-0.4, -0.2) is 39.7 Å². The Hall–Kier alpha value is -1.41. The van der Waals surface area contributed by atoms with Crippen molar-refractivity contribution in [2.45, 2.75) is 61.3 Å². The maximum absolute atomic E-state index is 12.7. The molecule has 1 fully saturated rings. The summed E-state index contributed by atoms with van der Waals surface area (Å²) < 4.78 is 43.9. The molecule has 1 unspecified atom stereocenters. The number of fused-ring (bicyclic) bond motifs is 1. The van der Waals surface area contributed by atoms with Gasteiger partial charge in [0.15, 0.2) is 0 Å². The van der Waals surface area contributed by atoms with Crippen LogP contribution in [0.3, 0.4) is 0 Å². The molecule has 3 rings (SSSR count). The number of alkyl halides is 3. The Bertz CT molecular complexity index is 678. The number of carbonyl (C=O) groups is 1. The van der Waals surface area contributed by atoms with E-state index in [2.05, 4.69) is 0 Å². The van der Waals surface area contributed by atoms with Crippen molar-refractivity contribution in [1.82, 2.24) is 4.90 Å². The molecule has 25 heavy (non-hydrogen) atoms. The van der Waals surface area contributed by atoms with E-state index in [9.17, 15) is 23.1 Å². The number of ether oxygens (including phenoxy) is 1. The van der Waals surface area contributed by atoms with Crippen LogP contribution in [0.15, 0.2) is 23.1 Å². The molecule has 0 radical (unpaired) electrons. The molecule has 0 aromatic heterocycles. The molecule has 0 bridgehead atoms. The zero-order valence-corrected chi connectivity index (χ0v) is 14.8. The first kappa shape index (κ1) is 18.4. The quantitative estimate of drug-likeness (QED) is 0.797. The SMILES string of the molecule is CC1(C)Oc2ccc(SC(F)(F)F)cc2C(N2CCCCC2=O)[C@H]1O. The third-order valence-electron chi connectivity index (χ3n) is 4.61. The fourth-order valence-electron chi connectivity index (χ4n) is 3.40. The fraction of sp³-hybridized carbons (Fsp3) is 0.588. The molecule has 1 aromatic carbocycles. The topological polar surface area (TPSA) is 49.8 Å². The molecule has 2 aliphatic heterocycles. The number of rotatable bonds is 2. The first-order valence-corrected chi connectivity index (χ1v) is 8.96. The predicted octanol–water partition coefficient (Wildman–Crippen LogP) is 3.88. The standard InChI is InChI=1S/C17H20F3NO3S/c1-16(2)15(23)14(21-8-4-3-5-13(21)22)11-9-10(25-17(18,19)20)6-7-12(11)24-16/h6-7,9,14-15,23H,3-5,8H2,1-2H3/t14?,15-/m1/s1. The highest BCUT2D eigenvalue weighted by atomic mass is 32.2. The average Bonchev–Trinajstić information content (AvgIpc) is 2.49. The molecular weight excluding hydrogens is 355 g/mol. The van der Waals surface area contributed by atoms with Crippen molar-refractivity contribution in [3.05, 3.63) is 23.8 Å². The number of amides is 1. The second-order valence-corrected chi connectivity index (χ2v) is 8.03. The number of likely N-dealkylation sites (tertiary alicyclic amines) is 1. The molecule has 1 saturated heterocycles. The zero-order chi connectivity index (χ0) is 18.4. The zero-order valence-electron chi connectivity index (χ0n) is 14.0. The van der Waals surface area contributed by atoms with Crippen LogP contribution in [-0.2, 0) is 4.79 Å². The van der Waals surface area contributed by atoms with Crippen molar-refractivity contribution in [3.63, 3.8) is 0 Å². The number of aliphatic hydroxyl groups excluding tert-OH is 1. The van der Waals surface area contributed by atoms with E-state index in [1.807, 2.05) is 0 Å². The summed E-state index contributed by atoms with van der Waals surface area (Å²) >= 11 is -0.216. The van der Waals surface area contributed by atoms with Gasteiger partial charge in [0.25, 0.3) is 0 Å². The van der Waals surface area contributed by atoms with Gasteiger partial charge in [-0.1, -0.05) is 0 Å². The number of hydrogen-bond acceptors (Lipinski definition) is 4. The van der Waals surface area contributed by atoms with Crippen molar-refractivity contribution >= 4 is 17.7 Å². The van der Waals surface area contributed by atoms with Crippen LogP contribution in [0.5, 0.6) is 5.75 Å². The predicted molar refractivity (Wildman–Crippen MR) is 87.4 cm³/mol. The molecule has 1 N–H and O–H groups in total. The van der Waals surface area contributed by atoms with Crippen LogP contribution >= 0.6 is 11.8 Å². The summed E-state index contributed by atoms with van der Waals surface area (Å²) in [6.45, 7) is 3.90. The summed E-state index contributed by atoms with van der Waals surface area (Å²) in [5.41, 5.74) is -4.93. The maximum Gasteiger partial charge on any atom is 0.446 e. The smallest absolute Gasteiger partial charge is 0.446 e. The second-order valence-electron chi connectivity index (χ2n) is 6.89. The van der Waals surface area contributed by atoms with E-state index in [-0.39, 0.29) is 22.6 Å². The minimum absolute atomic E-state index is 0.0104. The Morgan fingerprint density at radius 2 is 2.04 bits per heavy atom. The normalized spacial score (nSPS) is 26.2. The third-order valence-corrected chi connectivity index (χ3v) is 5.33. The van der Waals surface area contributed by atoms with Gasteiger partial charge in [-0.25, -0.2) is 0 Å².